The molecule has 1 aliphatic rings. The first-order valence-corrected chi connectivity index (χ1v) is 9.77. The van der Waals surface area contributed by atoms with E-state index in [9.17, 15) is 9.90 Å². The van der Waals surface area contributed by atoms with Crippen molar-refractivity contribution < 1.29 is 19.5 Å². The Morgan fingerprint density at radius 3 is 2.72 bits per heavy atom. The highest BCUT2D eigenvalue weighted by Crippen LogP contribution is 2.40. The van der Waals surface area contributed by atoms with Crippen molar-refractivity contribution in [3.05, 3.63) is 65.9 Å². The first-order chi connectivity index (χ1) is 14.0. The summed E-state index contributed by atoms with van der Waals surface area (Å²) in [5.74, 6) is -0.119. The van der Waals surface area contributed by atoms with Crippen LogP contribution in [0.4, 0.5) is 0 Å². The summed E-state index contributed by atoms with van der Waals surface area (Å²) in [7, 11) is 0. The topological polar surface area (TPSA) is 83.9 Å². The SMILES string of the molecule is CC(C)COC(=O)CC1C(c2ccc(O)cc2)=NOC1c1c[nH]c2ccccc12. The van der Waals surface area contributed by atoms with Crippen LogP contribution in [-0.4, -0.2) is 28.4 Å². The zero-order valence-corrected chi connectivity index (χ0v) is 16.5. The lowest BCUT2D eigenvalue weighted by atomic mass is 9.86. The van der Waals surface area contributed by atoms with Gasteiger partial charge in [0.15, 0.2) is 6.10 Å². The van der Waals surface area contributed by atoms with Gasteiger partial charge in [-0.2, -0.15) is 0 Å². The summed E-state index contributed by atoms with van der Waals surface area (Å²) in [5.41, 5.74) is 3.46. The Hall–Kier alpha value is -3.28. The standard InChI is InChI=1S/C23H24N2O4/c1-14(2)13-28-21(27)11-18-22(15-7-9-16(26)10-8-15)25-29-23(18)19-12-24-20-6-4-3-5-17(19)20/h3-10,12,14,18,23-24,26H,11,13H2,1-2H3. The summed E-state index contributed by atoms with van der Waals surface area (Å²) in [4.78, 5) is 21.6. The van der Waals surface area contributed by atoms with Crippen molar-refractivity contribution in [2.75, 3.05) is 6.61 Å². The number of carbonyl (C=O) groups excluding carboxylic acids is 1. The van der Waals surface area contributed by atoms with Crippen LogP contribution >= 0.6 is 0 Å². The number of fused-ring (bicyclic) bond motifs is 1. The van der Waals surface area contributed by atoms with Crippen LogP contribution in [-0.2, 0) is 14.4 Å². The van der Waals surface area contributed by atoms with Gasteiger partial charge in [-0.05, 0) is 36.2 Å². The number of aromatic hydroxyl groups is 1. The molecule has 2 N–H and O–H groups in total. The van der Waals surface area contributed by atoms with E-state index in [1.165, 1.54) is 0 Å². The quantitative estimate of drug-likeness (QED) is 0.603. The van der Waals surface area contributed by atoms with E-state index in [1.807, 2.05) is 44.3 Å². The summed E-state index contributed by atoms with van der Waals surface area (Å²) in [6, 6.07) is 14.7. The van der Waals surface area contributed by atoms with Crippen LogP contribution in [0.5, 0.6) is 5.75 Å². The number of carbonyl (C=O) groups is 1. The third kappa shape index (κ3) is 3.97. The predicted molar refractivity (Wildman–Crippen MR) is 111 cm³/mol. The van der Waals surface area contributed by atoms with Gasteiger partial charge in [-0.15, -0.1) is 0 Å². The number of aromatic nitrogens is 1. The Kier molecular flexibility index (Phi) is 5.25. The predicted octanol–water partition coefficient (Wildman–Crippen LogP) is 4.55. The molecule has 6 heteroatoms. The lowest BCUT2D eigenvalue weighted by Crippen LogP contribution is -2.23. The number of hydrogen-bond donors (Lipinski definition) is 2. The van der Waals surface area contributed by atoms with Crippen molar-refractivity contribution in [2.45, 2.75) is 26.4 Å². The van der Waals surface area contributed by atoms with Gasteiger partial charge >= 0.3 is 5.97 Å². The van der Waals surface area contributed by atoms with Crippen molar-refractivity contribution >= 4 is 22.6 Å². The van der Waals surface area contributed by atoms with Crippen molar-refractivity contribution in [1.82, 2.24) is 4.98 Å². The number of nitrogens with zero attached hydrogens (tertiary/aromatic N) is 1. The molecule has 150 valence electrons. The lowest BCUT2D eigenvalue weighted by Gasteiger charge is -2.18. The molecule has 0 saturated heterocycles. The van der Waals surface area contributed by atoms with E-state index in [-0.39, 0.29) is 30.0 Å². The van der Waals surface area contributed by atoms with Gasteiger partial charge in [0.25, 0.3) is 0 Å². The molecule has 6 nitrogen and oxygen atoms in total. The summed E-state index contributed by atoms with van der Waals surface area (Å²) in [5, 5.41) is 15.0. The normalized spacial score (nSPS) is 18.7. The van der Waals surface area contributed by atoms with Gasteiger partial charge < -0.3 is 19.7 Å². The van der Waals surface area contributed by atoms with Crippen molar-refractivity contribution in [2.24, 2.45) is 17.0 Å². The fourth-order valence-electron chi connectivity index (χ4n) is 3.60. The summed E-state index contributed by atoms with van der Waals surface area (Å²) in [6.45, 7) is 4.39. The van der Waals surface area contributed by atoms with Crippen LogP contribution in [0.15, 0.2) is 59.9 Å². The van der Waals surface area contributed by atoms with Gasteiger partial charge in [-0.1, -0.05) is 37.2 Å². The number of oxime groups is 1. The number of para-hydroxylation sites is 1. The maximum Gasteiger partial charge on any atom is 0.306 e. The Morgan fingerprint density at radius 1 is 1.21 bits per heavy atom. The maximum atomic E-state index is 12.5. The molecule has 2 aromatic carbocycles. The summed E-state index contributed by atoms with van der Waals surface area (Å²) < 4.78 is 5.42. The number of nitrogens with one attached hydrogen (secondary N) is 1. The van der Waals surface area contributed by atoms with Crippen molar-refractivity contribution in [1.29, 1.82) is 0 Å². The lowest BCUT2D eigenvalue weighted by molar-refractivity contribution is -0.146. The van der Waals surface area contributed by atoms with Crippen molar-refractivity contribution in [3.63, 3.8) is 0 Å². The van der Waals surface area contributed by atoms with E-state index in [2.05, 4.69) is 10.1 Å². The van der Waals surface area contributed by atoms with E-state index in [0.29, 0.717) is 12.3 Å². The second-order valence-corrected chi connectivity index (χ2v) is 7.73. The molecule has 3 aromatic rings. The Balaban J connectivity index is 1.65. The molecular formula is C23H24N2O4. The molecule has 2 unspecified atom stereocenters. The third-order valence-electron chi connectivity index (χ3n) is 5.04. The van der Waals surface area contributed by atoms with E-state index in [1.54, 1.807) is 24.3 Å². The largest absolute Gasteiger partial charge is 0.508 e. The highest BCUT2D eigenvalue weighted by atomic mass is 16.6. The number of phenols is 1. The van der Waals surface area contributed by atoms with Gasteiger partial charge in [-0.25, -0.2) is 0 Å². The second-order valence-electron chi connectivity index (χ2n) is 7.73. The molecule has 0 saturated carbocycles. The van der Waals surface area contributed by atoms with Gasteiger partial charge in [0, 0.05) is 28.2 Å². The molecule has 0 spiro atoms. The number of benzene rings is 2. The number of aromatic amines is 1. The maximum absolute atomic E-state index is 12.5. The Labute approximate surface area is 169 Å². The molecule has 0 bridgehead atoms. The van der Waals surface area contributed by atoms with Crippen LogP contribution in [0.25, 0.3) is 10.9 Å². The Morgan fingerprint density at radius 2 is 1.97 bits per heavy atom. The van der Waals surface area contributed by atoms with Crippen LogP contribution in [0.3, 0.4) is 0 Å². The number of esters is 1. The Bertz CT molecular complexity index is 1040. The minimum Gasteiger partial charge on any atom is -0.508 e. The molecule has 0 aliphatic carbocycles. The first kappa shape index (κ1) is 19.1. The summed E-state index contributed by atoms with van der Waals surface area (Å²) in [6.07, 6.45) is 1.68. The van der Waals surface area contributed by atoms with Crippen molar-refractivity contribution in [3.8, 4) is 5.75 Å². The molecule has 2 heterocycles. The smallest absolute Gasteiger partial charge is 0.306 e. The fourth-order valence-corrected chi connectivity index (χ4v) is 3.60. The second kappa shape index (κ2) is 7.99. The minimum atomic E-state index is -0.401. The molecule has 0 radical (unpaired) electrons. The molecule has 29 heavy (non-hydrogen) atoms. The number of phenolic OH excluding ortho intramolecular Hbond substituents is 1. The number of H-pyrrole nitrogens is 1. The first-order valence-electron chi connectivity index (χ1n) is 9.77. The van der Waals surface area contributed by atoms with Gasteiger partial charge in [0.2, 0.25) is 0 Å². The molecule has 2 atom stereocenters. The van der Waals surface area contributed by atoms with Gasteiger partial charge in [-0.3, -0.25) is 4.79 Å². The summed E-state index contributed by atoms with van der Waals surface area (Å²) >= 11 is 0. The third-order valence-corrected chi connectivity index (χ3v) is 5.04. The molecule has 0 fully saturated rings. The number of ether oxygens (including phenoxy) is 1. The number of hydrogen-bond acceptors (Lipinski definition) is 5. The zero-order valence-electron chi connectivity index (χ0n) is 16.5. The number of rotatable bonds is 6. The van der Waals surface area contributed by atoms with Crippen LogP contribution in [0.2, 0.25) is 0 Å². The monoisotopic (exact) mass is 392 g/mol. The van der Waals surface area contributed by atoms with Crippen LogP contribution in [0, 0.1) is 11.8 Å². The van der Waals surface area contributed by atoms with Gasteiger partial charge in [0.1, 0.15) is 5.75 Å². The van der Waals surface area contributed by atoms with Crippen LogP contribution in [0.1, 0.15) is 37.5 Å². The fraction of sp³-hybridized carbons (Fsp3) is 0.304. The average molecular weight is 392 g/mol. The molecule has 1 aromatic heterocycles. The minimum absolute atomic E-state index is 0.163. The molecule has 0 amide bonds. The molecule has 1 aliphatic heterocycles. The highest BCUT2D eigenvalue weighted by molar-refractivity contribution is 6.05. The zero-order chi connectivity index (χ0) is 20.4. The van der Waals surface area contributed by atoms with E-state index >= 15 is 0 Å². The average Bonchev–Trinajstić information content (AvgIpc) is 3.31. The molecular weight excluding hydrogens is 368 g/mol. The molecule has 4 rings (SSSR count). The van der Waals surface area contributed by atoms with Gasteiger partial charge in [0.05, 0.1) is 24.7 Å². The van der Waals surface area contributed by atoms with Crippen LogP contribution < -0.4 is 0 Å². The van der Waals surface area contributed by atoms with E-state index in [0.717, 1.165) is 22.0 Å². The van der Waals surface area contributed by atoms with E-state index in [4.69, 9.17) is 9.57 Å². The highest BCUT2D eigenvalue weighted by Gasteiger charge is 2.39. The van der Waals surface area contributed by atoms with E-state index < -0.39 is 6.10 Å².